The lowest BCUT2D eigenvalue weighted by Gasteiger charge is -2.19. The van der Waals surface area contributed by atoms with Crippen LogP contribution < -0.4 is 5.32 Å². The van der Waals surface area contributed by atoms with Gasteiger partial charge in [0.25, 0.3) is 0 Å². The lowest BCUT2D eigenvalue weighted by Crippen LogP contribution is -2.34. The molecular formula is C15H25NOS. The zero-order valence-electron chi connectivity index (χ0n) is 11.8. The molecule has 1 saturated carbocycles. The van der Waals surface area contributed by atoms with E-state index in [1.54, 1.807) is 0 Å². The summed E-state index contributed by atoms with van der Waals surface area (Å²) in [5.74, 6) is 0.972. The van der Waals surface area contributed by atoms with Crippen LogP contribution in [0, 0.1) is 5.92 Å². The van der Waals surface area contributed by atoms with Gasteiger partial charge in [0.15, 0.2) is 0 Å². The largest absolute Gasteiger partial charge is 0.376 e. The van der Waals surface area contributed by atoms with Crippen LogP contribution in [-0.4, -0.2) is 12.1 Å². The van der Waals surface area contributed by atoms with Gasteiger partial charge in [-0.3, -0.25) is 0 Å². The third-order valence-corrected chi connectivity index (χ3v) is 4.18. The highest BCUT2D eigenvalue weighted by atomic mass is 32.1. The van der Waals surface area contributed by atoms with Crippen molar-refractivity contribution in [1.29, 1.82) is 0 Å². The number of hydrogen-bond donors (Lipinski definition) is 1. The van der Waals surface area contributed by atoms with Crippen molar-refractivity contribution < 1.29 is 4.74 Å². The second kappa shape index (κ2) is 6.18. The summed E-state index contributed by atoms with van der Waals surface area (Å²) < 4.78 is 5.72. The van der Waals surface area contributed by atoms with Gasteiger partial charge in [0.1, 0.15) is 0 Å². The molecule has 0 spiro atoms. The van der Waals surface area contributed by atoms with Gasteiger partial charge in [-0.1, -0.05) is 12.8 Å². The number of nitrogens with one attached hydrogen (secondary N) is 1. The van der Waals surface area contributed by atoms with E-state index in [4.69, 9.17) is 4.74 Å². The maximum Gasteiger partial charge on any atom is 0.0809 e. The molecule has 1 aliphatic rings. The van der Waals surface area contributed by atoms with Crippen LogP contribution >= 0.6 is 11.3 Å². The Morgan fingerprint density at radius 1 is 1.28 bits per heavy atom. The van der Waals surface area contributed by atoms with Crippen molar-refractivity contribution >= 4 is 11.3 Å². The van der Waals surface area contributed by atoms with Crippen LogP contribution in [0.1, 0.15) is 49.8 Å². The highest BCUT2D eigenvalue weighted by molar-refractivity contribution is 7.11. The fourth-order valence-corrected chi connectivity index (χ4v) is 2.67. The predicted octanol–water partition coefficient (Wildman–Crippen LogP) is 3.95. The van der Waals surface area contributed by atoms with Crippen LogP contribution in [0.25, 0.3) is 0 Å². The van der Waals surface area contributed by atoms with Crippen LogP contribution in [0.2, 0.25) is 0 Å². The van der Waals surface area contributed by atoms with Gasteiger partial charge in [-0.2, -0.15) is 0 Å². The van der Waals surface area contributed by atoms with Gasteiger partial charge in [0, 0.05) is 28.4 Å². The van der Waals surface area contributed by atoms with Gasteiger partial charge in [-0.15, -0.1) is 11.3 Å². The molecular weight excluding hydrogens is 242 g/mol. The molecule has 2 nitrogen and oxygen atoms in total. The molecule has 18 heavy (non-hydrogen) atoms. The van der Waals surface area contributed by atoms with Crippen LogP contribution in [0.15, 0.2) is 12.1 Å². The van der Waals surface area contributed by atoms with Crippen LogP contribution in [0.4, 0.5) is 0 Å². The number of hydrogen-bond acceptors (Lipinski definition) is 3. The highest BCUT2D eigenvalue weighted by Gasteiger charge is 2.20. The van der Waals surface area contributed by atoms with Crippen molar-refractivity contribution in [1.82, 2.24) is 5.32 Å². The maximum absolute atomic E-state index is 5.72. The predicted molar refractivity (Wildman–Crippen MR) is 77.9 cm³/mol. The Morgan fingerprint density at radius 3 is 2.67 bits per heavy atom. The molecule has 0 aromatic carbocycles. The monoisotopic (exact) mass is 267 g/mol. The molecule has 0 saturated heterocycles. The molecule has 1 aromatic rings. The molecule has 1 aromatic heterocycles. The van der Waals surface area contributed by atoms with Crippen LogP contribution in [0.5, 0.6) is 0 Å². The molecule has 1 N–H and O–H groups in total. The molecule has 0 amide bonds. The topological polar surface area (TPSA) is 21.3 Å². The van der Waals surface area contributed by atoms with E-state index in [0.29, 0.717) is 0 Å². The molecule has 1 heterocycles. The standard InChI is InChI=1S/C15H25NOS/c1-15(2,3)16-10-13-6-7-14(18-13)11-17-9-8-12-4-5-12/h6-7,12,16H,4-5,8-11H2,1-3H3. The molecule has 3 heteroatoms. The van der Waals surface area contributed by atoms with E-state index in [1.807, 2.05) is 11.3 Å². The van der Waals surface area contributed by atoms with Crippen molar-refractivity contribution in [2.45, 2.75) is 58.7 Å². The summed E-state index contributed by atoms with van der Waals surface area (Å²) in [5, 5.41) is 3.51. The summed E-state index contributed by atoms with van der Waals surface area (Å²) in [4.78, 5) is 2.74. The van der Waals surface area contributed by atoms with Gasteiger partial charge >= 0.3 is 0 Å². The Balaban J connectivity index is 1.65. The van der Waals surface area contributed by atoms with Crippen LogP contribution in [-0.2, 0) is 17.9 Å². The van der Waals surface area contributed by atoms with Crippen molar-refractivity contribution in [3.05, 3.63) is 21.9 Å². The normalized spacial score (nSPS) is 16.2. The summed E-state index contributed by atoms with van der Waals surface area (Å²) in [5.41, 5.74) is 0.185. The minimum atomic E-state index is 0.185. The Hall–Kier alpha value is -0.380. The quantitative estimate of drug-likeness (QED) is 0.755. The first kappa shape index (κ1) is 14.0. The van der Waals surface area contributed by atoms with Gasteiger partial charge in [0.2, 0.25) is 0 Å². The molecule has 1 fully saturated rings. The van der Waals surface area contributed by atoms with E-state index in [2.05, 4.69) is 38.2 Å². The molecule has 0 atom stereocenters. The van der Waals surface area contributed by atoms with Gasteiger partial charge < -0.3 is 10.1 Å². The number of ether oxygens (including phenoxy) is 1. The smallest absolute Gasteiger partial charge is 0.0809 e. The molecule has 0 radical (unpaired) electrons. The number of thiophene rings is 1. The molecule has 0 unspecified atom stereocenters. The first-order valence-corrected chi connectivity index (χ1v) is 7.75. The fourth-order valence-electron chi connectivity index (χ4n) is 1.78. The maximum atomic E-state index is 5.72. The third kappa shape index (κ3) is 5.51. The first-order valence-electron chi connectivity index (χ1n) is 6.93. The van der Waals surface area contributed by atoms with Crippen molar-refractivity contribution in [3.63, 3.8) is 0 Å². The summed E-state index contributed by atoms with van der Waals surface area (Å²) in [6, 6.07) is 4.41. The highest BCUT2D eigenvalue weighted by Crippen LogP contribution is 2.32. The second-order valence-corrected chi connectivity index (χ2v) is 7.51. The minimum Gasteiger partial charge on any atom is -0.376 e. The second-order valence-electron chi connectivity index (χ2n) is 6.26. The Morgan fingerprint density at radius 2 is 2.00 bits per heavy atom. The van der Waals surface area contributed by atoms with Crippen molar-refractivity contribution in [2.75, 3.05) is 6.61 Å². The summed E-state index contributed by atoms with van der Waals surface area (Å²) >= 11 is 1.86. The lowest BCUT2D eigenvalue weighted by molar-refractivity contribution is 0.117. The summed E-state index contributed by atoms with van der Waals surface area (Å²) in [7, 11) is 0. The SMILES string of the molecule is CC(C)(C)NCc1ccc(COCCC2CC2)s1. The average molecular weight is 267 g/mol. The Kier molecular flexibility index (Phi) is 4.82. The molecule has 0 aliphatic heterocycles. The minimum absolute atomic E-state index is 0.185. The van der Waals surface area contributed by atoms with Crippen molar-refractivity contribution in [3.8, 4) is 0 Å². The Labute approximate surface area is 115 Å². The van der Waals surface area contributed by atoms with E-state index in [-0.39, 0.29) is 5.54 Å². The average Bonchev–Trinajstić information content (AvgIpc) is 3.00. The van der Waals surface area contributed by atoms with E-state index < -0.39 is 0 Å². The van der Waals surface area contributed by atoms with Gasteiger partial charge in [0.05, 0.1) is 6.61 Å². The summed E-state index contributed by atoms with van der Waals surface area (Å²) in [6.07, 6.45) is 4.10. The lowest BCUT2D eigenvalue weighted by atomic mass is 10.1. The first-order chi connectivity index (χ1) is 8.53. The van der Waals surface area contributed by atoms with Gasteiger partial charge in [-0.25, -0.2) is 0 Å². The zero-order valence-corrected chi connectivity index (χ0v) is 12.6. The molecule has 2 rings (SSSR count). The Bertz CT molecular complexity index is 363. The molecule has 1 aliphatic carbocycles. The van der Waals surface area contributed by atoms with Crippen molar-refractivity contribution in [2.24, 2.45) is 5.92 Å². The van der Waals surface area contributed by atoms with Crippen LogP contribution in [0.3, 0.4) is 0 Å². The zero-order chi connectivity index (χ0) is 13.0. The van der Waals surface area contributed by atoms with E-state index in [0.717, 1.165) is 25.7 Å². The van der Waals surface area contributed by atoms with E-state index in [1.165, 1.54) is 29.0 Å². The van der Waals surface area contributed by atoms with Gasteiger partial charge in [-0.05, 0) is 45.2 Å². The van der Waals surface area contributed by atoms with E-state index in [9.17, 15) is 0 Å². The molecule has 102 valence electrons. The fraction of sp³-hybridized carbons (Fsp3) is 0.733. The third-order valence-electron chi connectivity index (χ3n) is 3.12. The number of rotatable bonds is 7. The summed E-state index contributed by atoms with van der Waals surface area (Å²) in [6.45, 7) is 9.26. The molecule has 0 bridgehead atoms. The van der Waals surface area contributed by atoms with E-state index >= 15 is 0 Å².